The third-order valence-electron chi connectivity index (χ3n) is 2.98. The molecule has 0 aromatic heterocycles. The Morgan fingerprint density at radius 3 is 2.81 bits per heavy atom. The van der Waals surface area contributed by atoms with Crippen molar-refractivity contribution in [3.8, 4) is 0 Å². The van der Waals surface area contributed by atoms with E-state index in [4.69, 9.17) is 10.5 Å². The normalized spacial score (nSPS) is 23.4. The SMILES string of the molecule is CCC1Nc2ccccc2C(=N)C1C(=O)O. The van der Waals surface area contributed by atoms with Gasteiger partial charge in [0, 0.05) is 17.3 Å². The quantitative estimate of drug-likeness (QED) is 0.710. The number of para-hydroxylation sites is 1. The number of hydrogen-bond donors (Lipinski definition) is 3. The number of benzene rings is 1. The molecule has 0 saturated heterocycles. The number of carboxylic acids is 1. The smallest absolute Gasteiger partial charge is 0.314 e. The molecule has 2 rings (SSSR count). The largest absolute Gasteiger partial charge is 0.481 e. The maximum atomic E-state index is 11.2. The Morgan fingerprint density at radius 2 is 2.19 bits per heavy atom. The van der Waals surface area contributed by atoms with Crippen LogP contribution >= 0.6 is 0 Å². The molecule has 0 radical (unpaired) electrons. The van der Waals surface area contributed by atoms with Gasteiger partial charge in [-0.05, 0) is 12.5 Å². The molecule has 0 aliphatic carbocycles. The molecule has 0 saturated carbocycles. The highest BCUT2D eigenvalue weighted by Crippen LogP contribution is 2.29. The Hall–Kier alpha value is -1.84. The van der Waals surface area contributed by atoms with E-state index in [-0.39, 0.29) is 11.8 Å². The Bertz CT molecular complexity index is 442. The van der Waals surface area contributed by atoms with Crippen molar-refractivity contribution in [1.82, 2.24) is 0 Å². The molecule has 0 fully saturated rings. The highest BCUT2D eigenvalue weighted by Gasteiger charge is 2.36. The van der Waals surface area contributed by atoms with E-state index in [2.05, 4.69) is 5.32 Å². The summed E-state index contributed by atoms with van der Waals surface area (Å²) >= 11 is 0. The molecule has 0 spiro atoms. The Balaban J connectivity index is 2.46. The molecule has 4 nitrogen and oxygen atoms in total. The van der Waals surface area contributed by atoms with Gasteiger partial charge in [0.2, 0.25) is 0 Å². The van der Waals surface area contributed by atoms with E-state index in [1.54, 1.807) is 6.07 Å². The molecule has 4 heteroatoms. The first-order chi connectivity index (χ1) is 7.65. The maximum absolute atomic E-state index is 11.2. The fourth-order valence-electron chi connectivity index (χ4n) is 2.13. The highest BCUT2D eigenvalue weighted by molar-refractivity contribution is 6.14. The molecule has 0 bridgehead atoms. The average Bonchev–Trinajstić information content (AvgIpc) is 2.28. The predicted octanol–water partition coefficient (Wildman–Crippen LogP) is 1.96. The first-order valence-electron chi connectivity index (χ1n) is 5.32. The van der Waals surface area contributed by atoms with E-state index < -0.39 is 11.9 Å². The standard InChI is InChI=1S/C12H14N2O2/c1-2-8-10(12(15)16)11(13)7-5-3-4-6-9(7)14-8/h3-6,8,10,13-14H,2H2,1H3,(H,15,16). The van der Waals surface area contributed by atoms with Gasteiger partial charge in [-0.25, -0.2) is 0 Å². The number of anilines is 1. The summed E-state index contributed by atoms with van der Waals surface area (Å²) in [7, 11) is 0. The van der Waals surface area contributed by atoms with Crippen LogP contribution in [-0.2, 0) is 4.79 Å². The Kier molecular flexibility index (Phi) is 2.64. The summed E-state index contributed by atoms with van der Waals surface area (Å²) in [5, 5.41) is 20.3. The van der Waals surface area contributed by atoms with Crippen LogP contribution in [0.1, 0.15) is 18.9 Å². The molecule has 3 N–H and O–H groups in total. The van der Waals surface area contributed by atoms with Crippen LogP contribution in [-0.4, -0.2) is 22.8 Å². The van der Waals surface area contributed by atoms with Crippen molar-refractivity contribution in [3.63, 3.8) is 0 Å². The van der Waals surface area contributed by atoms with Gasteiger partial charge in [-0.2, -0.15) is 0 Å². The second kappa shape index (κ2) is 3.96. The Morgan fingerprint density at radius 1 is 1.50 bits per heavy atom. The van der Waals surface area contributed by atoms with Gasteiger partial charge in [0.25, 0.3) is 0 Å². The molecule has 1 aromatic carbocycles. The van der Waals surface area contributed by atoms with Gasteiger partial charge in [-0.15, -0.1) is 0 Å². The monoisotopic (exact) mass is 218 g/mol. The van der Waals surface area contributed by atoms with Gasteiger partial charge in [0.05, 0.1) is 5.71 Å². The zero-order valence-corrected chi connectivity index (χ0v) is 9.03. The van der Waals surface area contributed by atoms with Crippen LogP contribution in [0.5, 0.6) is 0 Å². The van der Waals surface area contributed by atoms with Crippen molar-refractivity contribution >= 4 is 17.4 Å². The fourth-order valence-corrected chi connectivity index (χ4v) is 2.13. The molecular formula is C12H14N2O2. The molecule has 2 atom stereocenters. The van der Waals surface area contributed by atoms with E-state index in [1.807, 2.05) is 25.1 Å². The van der Waals surface area contributed by atoms with Crippen molar-refractivity contribution in [2.75, 3.05) is 5.32 Å². The van der Waals surface area contributed by atoms with E-state index in [0.717, 1.165) is 5.69 Å². The summed E-state index contributed by atoms with van der Waals surface area (Å²) in [6.07, 6.45) is 0.688. The zero-order chi connectivity index (χ0) is 11.7. The summed E-state index contributed by atoms with van der Waals surface area (Å²) in [4.78, 5) is 11.2. The van der Waals surface area contributed by atoms with Crippen molar-refractivity contribution in [2.45, 2.75) is 19.4 Å². The fraction of sp³-hybridized carbons (Fsp3) is 0.333. The van der Waals surface area contributed by atoms with Crippen LogP contribution in [0.2, 0.25) is 0 Å². The summed E-state index contributed by atoms with van der Waals surface area (Å²) in [6.45, 7) is 1.93. The van der Waals surface area contributed by atoms with E-state index >= 15 is 0 Å². The molecule has 16 heavy (non-hydrogen) atoms. The van der Waals surface area contributed by atoms with Gasteiger partial charge in [-0.3, -0.25) is 4.79 Å². The zero-order valence-electron chi connectivity index (χ0n) is 9.03. The van der Waals surface area contributed by atoms with E-state index in [9.17, 15) is 4.79 Å². The third kappa shape index (κ3) is 1.56. The molecule has 84 valence electrons. The van der Waals surface area contributed by atoms with Gasteiger partial charge in [0.15, 0.2) is 0 Å². The number of aliphatic carboxylic acids is 1. The second-order valence-corrected chi connectivity index (χ2v) is 3.93. The van der Waals surface area contributed by atoms with E-state index in [1.165, 1.54) is 0 Å². The molecule has 2 unspecified atom stereocenters. The van der Waals surface area contributed by atoms with Crippen LogP contribution in [0.15, 0.2) is 24.3 Å². The summed E-state index contributed by atoms with van der Waals surface area (Å²) in [6, 6.07) is 7.17. The van der Waals surface area contributed by atoms with Crippen molar-refractivity contribution in [3.05, 3.63) is 29.8 Å². The summed E-state index contributed by atoms with van der Waals surface area (Å²) < 4.78 is 0. The molecule has 1 heterocycles. The van der Waals surface area contributed by atoms with Crippen LogP contribution < -0.4 is 5.32 Å². The van der Waals surface area contributed by atoms with Crippen LogP contribution in [0.3, 0.4) is 0 Å². The molecule has 0 amide bonds. The molecule has 1 aromatic rings. The lowest BCUT2D eigenvalue weighted by atomic mass is 9.84. The number of carbonyl (C=O) groups is 1. The lowest BCUT2D eigenvalue weighted by Gasteiger charge is -2.32. The number of nitrogens with one attached hydrogen (secondary N) is 2. The molecule has 1 aliphatic rings. The Labute approximate surface area is 93.8 Å². The average molecular weight is 218 g/mol. The van der Waals surface area contributed by atoms with Crippen LogP contribution in [0.4, 0.5) is 5.69 Å². The second-order valence-electron chi connectivity index (χ2n) is 3.93. The maximum Gasteiger partial charge on any atom is 0.314 e. The lowest BCUT2D eigenvalue weighted by Crippen LogP contribution is -2.43. The summed E-state index contributed by atoms with van der Waals surface area (Å²) in [5.41, 5.74) is 1.75. The molecular weight excluding hydrogens is 204 g/mol. The highest BCUT2D eigenvalue weighted by atomic mass is 16.4. The third-order valence-corrected chi connectivity index (χ3v) is 2.98. The van der Waals surface area contributed by atoms with Crippen molar-refractivity contribution in [2.24, 2.45) is 5.92 Å². The first-order valence-corrected chi connectivity index (χ1v) is 5.32. The minimum absolute atomic E-state index is 0.195. The van der Waals surface area contributed by atoms with Gasteiger partial charge >= 0.3 is 5.97 Å². The number of hydrogen-bond acceptors (Lipinski definition) is 3. The van der Waals surface area contributed by atoms with Gasteiger partial charge in [0.1, 0.15) is 5.92 Å². The number of carboxylic acid groups (broad SMARTS) is 1. The van der Waals surface area contributed by atoms with Crippen molar-refractivity contribution < 1.29 is 9.90 Å². The first kappa shape index (κ1) is 10.7. The topological polar surface area (TPSA) is 73.2 Å². The van der Waals surface area contributed by atoms with Gasteiger partial charge in [-0.1, -0.05) is 25.1 Å². The van der Waals surface area contributed by atoms with Crippen molar-refractivity contribution in [1.29, 1.82) is 5.41 Å². The number of fused-ring (bicyclic) bond motifs is 1. The minimum atomic E-state index is -0.932. The van der Waals surface area contributed by atoms with Crippen LogP contribution in [0, 0.1) is 11.3 Å². The van der Waals surface area contributed by atoms with Gasteiger partial charge < -0.3 is 15.8 Å². The molecule has 1 aliphatic heterocycles. The lowest BCUT2D eigenvalue weighted by molar-refractivity contribution is -0.139. The summed E-state index contributed by atoms with van der Waals surface area (Å²) in [5.74, 6) is -1.68. The minimum Gasteiger partial charge on any atom is -0.481 e. The van der Waals surface area contributed by atoms with Crippen LogP contribution in [0.25, 0.3) is 0 Å². The predicted molar refractivity (Wildman–Crippen MR) is 62.1 cm³/mol. The van der Waals surface area contributed by atoms with E-state index in [0.29, 0.717) is 12.0 Å². The number of rotatable bonds is 2.